The third-order valence-electron chi connectivity index (χ3n) is 5.16. The van der Waals surface area contributed by atoms with Gasteiger partial charge in [-0.15, -0.1) is 5.10 Å². The smallest absolute Gasteiger partial charge is 0.231 e. The highest BCUT2D eigenvalue weighted by Gasteiger charge is 2.21. The number of carbonyl (C=O) groups is 1. The Morgan fingerprint density at radius 1 is 1.06 bits per heavy atom. The van der Waals surface area contributed by atoms with Gasteiger partial charge in [0.25, 0.3) is 0 Å². The Bertz CT molecular complexity index is 1320. The largest absolute Gasteiger partial charge is 0.493 e. The summed E-state index contributed by atoms with van der Waals surface area (Å²) >= 11 is 11.7. The van der Waals surface area contributed by atoms with Crippen LogP contribution < -0.4 is 5.32 Å². The van der Waals surface area contributed by atoms with Gasteiger partial charge >= 0.3 is 0 Å². The van der Waals surface area contributed by atoms with Crippen LogP contribution in [0.4, 0.5) is 5.82 Å². The molecular formula is C24H22ClN5O2S. The topological polar surface area (TPSA) is 85.0 Å². The number of nitrogens with zero attached hydrogens (tertiary/aromatic N) is 4. The van der Waals surface area contributed by atoms with E-state index < -0.39 is 0 Å². The number of hydrogen-bond acceptors (Lipinski definition) is 5. The quantitative estimate of drug-likeness (QED) is 0.369. The second-order valence-electron chi connectivity index (χ2n) is 7.54. The fourth-order valence-electron chi connectivity index (χ4n) is 3.49. The summed E-state index contributed by atoms with van der Waals surface area (Å²) < 4.78 is 3.78. The van der Waals surface area contributed by atoms with Gasteiger partial charge in [-0.2, -0.15) is 5.10 Å². The van der Waals surface area contributed by atoms with Crippen molar-refractivity contribution in [1.82, 2.24) is 19.3 Å². The Morgan fingerprint density at radius 2 is 1.79 bits per heavy atom. The number of nitrogens with one attached hydrogen (secondary N) is 1. The standard InChI is InChI=1S/C24H22ClN5O2S/c1-16-7-12-21(28-27-16)26-22(31)15-20-23(32)30(19-5-3-2-4-6-19)24(33)29(20)14-13-17-8-10-18(25)11-9-17/h2-12,32H,13-15H2,1H3,(H,26,28,31). The molecule has 0 radical (unpaired) electrons. The Hall–Kier alpha value is -3.49. The number of benzene rings is 2. The SMILES string of the molecule is Cc1ccc(NC(=O)Cc2c(O)n(-c3ccccc3)c(=S)n2CCc2ccc(Cl)cc2)nn1. The predicted octanol–water partition coefficient (Wildman–Crippen LogP) is 4.89. The molecule has 0 aliphatic rings. The summed E-state index contributed by atoms with van der Waals surface area (Å²) in [5, 5.41) is 22.4. The minimum Gasteiger partial charge on any atom is -0.493 e. The fraction of sp³-hybridized carbons (Fsp3) is 0.167. The van der Waals surface area contributed by atoms with E-state index in [1.165, 1.54) is 0 Å². The van der Waals surface area contributed by atoms with Crippen LogP contribution in [0.1, 0.15) is 17.0 Å². The Labute approximate surface area is 201 Å². The van der Waals surface area contributed by atoms with Gasteiger partial charge in [-0.1, -0.05) is 41.9 Å². The zero-order valence-electron chi connectivity index (χ0n) is 17.9. The number of para-hydroxylation sites is 1. The van der Waals surface area contributed by atoms with Crippen molar-refractivity contribution in [3.05, 3.63) is 93.5 Å². The highest BCUT2D eigenvalue weighted by atomic mass is 35.5. The molecule has 0 fully saturated rings. The lowest BCUT2D eigenvalue weighted by Gasteiger charge is -2.09. The Morgan fingerprint density at radius 3 is 2.45 bits per heavy atom. The summed E-state index contributed by atoms with van der Waals surface area (Å²) in [6, 6.07) is 20.3. The van der Waals surface area contributed by atoms with E-state index in [4.69, 9.17) is 23.8 Å². The van der Waals surface area contributed by atoms with Crippen molar-refractivity contribution >= 4 is 35.5 Å². The zero-order chi connectivity index (χ0) is 23.4. The molecule has 33 heavy (non-hydrogen) atoms. The van der Waals surface area contributed by atoms with Crippen LogP contribution in [0.3, 0.4) is 0 Å². The van der Waals surface area contributed by atoms with E-state index in [1.54, 1.807) is 21.3 Å². The lowest BCUT2D eigenvalue weighted by molar-refractivity contribution is -0.115. The minimum atomic E-state index is -0.330. The van der Waals surface area contributed by atoms with Gasteiger partial charge < -0.3 is 15.0 Å². The number of halogens is 1. The zero-order valence-corrected chi connectivity index (χ0v) is 19.5. The second-order valence-corrected chi connectivity index (χ2v) is 8.34. The average molecular weight is 480 g/mol. The van der Waals surface area contributed by atoms with Gasteiger partial charge in [-0.25, -0.2) is 0 Å². The van der Waals surface area contributed by atoms with Crippen LogP contribution in [0.2, 0.25) is 5.02 Å². The average Bonchev–Trinajstić information content (AvgIpc) is 3.04. The molecule has 0 saturated carbocycles. The summed E-state index contributed by atoms with van der Waals surface area (Å²) in [7, 11) is 0. The number of aryl methyl sites for hydroxylation is 2. The molecule has 2 N–H and O–H groups in total. The van der Waals surface area contributed by atoms with Gasteiger partial charge in [0.1, 0.15) is 0 Å². The van der Waals surface area contributed by atoms with Crippen molar-refractivity contribution in [2.45, 2.75) is 26.3 Å². The molecule has 0 unspecified atom stereocenters. The number of aromatic nitrogens is 4. The monoisotopic (exact) mass is 479 g/mol. The minimum absolute atomic E-state index is 0.0625. The molecule has 0 aliphatic heterocycles. The summed E-state index contributed by atoms with van der Waals surface area (Å²) in [5.74, 6) is -0.0461. The molecule has 2 aromatic carbocycles. The first-order valence-electron chi connectivity index (χ1n) is 10.4. The number of carbonyl (C=O) groups excluding carboxylic acids is 1. The summed E-state index contributed by atoms with van der Waals surface area (Å²) in [4.78, 5) is 12.8. The maximum absolute atomic E-state index is 12.8. The first-order valence-corrected chi connectivity index (χ1v) is 11.1. The van der Waals surface area contributed by atoms with E-state index in [0.717, 1.165) is 16.9 Å². The normalized spacial score (nSPS) is 10.8. The van der Waals surface area contributed by atoms with Gasteiger partial charge in [-0.3, -0.25) is 9.36 Å². The van der Waals surface area contributed by atoms with Gasteiger partial charge in [0.05, 0.1) is 23.5 Å². The number of rotatable bonds is 7. The van der Waals surface area contributed by atoms with Crippen molar-refractivity contribution in [1.29, 1.82) is 0 Å². The van der Waals surface area contributed by atoms with Crippen molar-refractivity contribution in [3.63, 3.8) is 0 Å². The molecule has 0 atom stereocenters. The van der Waals surface area contributed by atoms with Crippen LogP contribution in [0.5, 0.6) is 5.88 Å². The maximum Gasteiger partial charge on any atom is 0.231 e. The fourth-order valence-corrected chi connectivity index (χ4v) is 4.01. The van der Waals surface area contributed by atoms with Crippen LogP contribution in [-0.2, 0) is 24.2 Å². The van der Waals surface area contributed by atoms with Crippen LogP contribution in [0.15, 0.2) is 66.7 Å². The molecule has 0 bridgehead atoms. The van der Waals surface area contributed by atoms with E-state index in [2.05, 4.69) is 15.5 Å². The van der Waals surface area contributed by atoms with E-state index in [0.29, 0.717) is 34.3 Å². The van der Waals surface area contributed by atoms with Gasteiger partial charge in [0.2, 0.25) is 11.8 Å². The molecular weight excluding hydrogens is 458 g/mol. The van der Waals surface area contributed by atoms with Crippen molar-refractivity contribution < 1.29 is 9.90 Å². The van der Waals surface area contributed by atoms with E-state index in [1.807, 2.05) is 61.5 Å². The van der Waals surface area contributed by atoms with Crippen molar-refractivity contribution in [3.8, 4) is 11.6 Å². The molecule has 2 aromatic heterocycles. The molecule has 4 rings (SSSR count). The van der Waals surface area contributed by atoms with Gasteiger partial charge in [0, 0.05) is 11.6 Å². The van der Waals surface area contributed by atoms with Crippen LogP contribution in [0, 0.1) is 11.7 Å². The second kappa shape index (κ2) is 9.97. The molecule has 0 spiro atoms. The number of imidazole rings is 1. The molecule has 0 saturated heterocycles. The number of aromatic hydroxyl groups is 1. The van der Waals surface area contributed by atoms with Gasteiger partial charge in [0.15, 0.2) is 10.6 Å². The molecule has 4 aromatic rings. The molecule has 7 nitrogen and oxygen atoms in total. The molecule has 1 amide bonds. The van der Waals surface area contributed by atoms with Crippen LogP contribution in [-0.4, -0.2) is 30.3 Å². The van der Waals surface area contributed by atoms with Crippen molar-refractivity contribution in [2.24, 2.45) is 0 Å². The number of anilines is 1. The number of amides is 1. The molecule has 168 valence electrons. The summed E-state index contributed by atoms with van der Waals surface area (Å²) in [5.41, 5.74) is 2.96. The van der Waals surface area contributed by atoms with E-state index >= 15 is 0 Å². The Balaban J connectivity index is 1.65. The third kappa shape index (κ3) is 5.30. The summed E-state index contributed by atoms with van der Waals surface area (Å²) in [6.07, 6.45) is 0.577. The number of hydrogen-bond donors (Lipinski definition) is 2. The first kappa shape index (κ1) is 22.7. The lowest BCUT2D eigenvalue weighted by atomic mass is 10.1. The first-order chi connectivity index (χ1) is 15.9. The highest BCUT2D eigenvalue weighted by molar-refractivity contribution is 7.71. The van der Waals surface area contributed by atoms with Gasteiger partial charge in [-0.05, 0) is 67.5 Å². The van der Waals surface area contributed by atoms with Crippen LogP contribution >= 0.6 is 23.8 Å². The van der Waals surface area contributed by atoms with Crippen molar-refractivity contribution in [2.75, 3.05) is 5.32 Å². The van der Waals surface area contributed by atoms with Crippen LogP contribution in [0.25, 0.3) is 5.69 Å². The lowest BCUT2D eigenvalue weighted by Crippen LogP contribution is -2.18. The third-order valence-corrected chi connectivity index (χ3v) is 5.82. The predicted molar refractivity (Wildman–Crippen MR) is 131 cm³/mol. The molecule has 2 heterocycles. The molecule has 0 aliphatic carbocycles. The molecule has 9 heteroatoms. The Kier molecular flexibility index (Phi) is 6.86. The van der Waals surface area contributed by atoms with E-state index in [9.17, 15) is 9.90 Å². The maximum atomic E-state index is 12.8. The highest BCUT2D eigenvalue weighted by Crippen LogP contribution is 2.27. The summed E-state index contributed by atoms with van der Waals surface area (Å²) in [6.45, 7) is 2.30. The van der Waals surface area contributed by atoms with E-state index in [-0.39, 0.29) is 18.2 Å².